The highest BCUT2D eigenvalue weighted by molar-refractivity contribution is 5.99. The van der Waals surface area contributed by atoms with E-state index in [2.05, 4.69) is 20.6 Å². The number of nitrogens with zero attached hydrogens (tertiary/aromatic N) is 3. The molecule has 2 rings (SSSR count). The average Bonchev–Trinajstić information content (AvgIpc) is 2.49. The lowest BCUT2D eigenvalue weighted by molar-refractivity contribution is -0.384. The summed E-state index contributed by atoms with van der Waals surface area (Å²) < 4.78 is 0. The molecule has 0 aliphatic carbocycles. The van der Waals surface area contributed by atoms with Crippen LogP contribution >= 0.6 is 0 Å². The number of nitro groups is 1. The van der Waals surface area contributed by atoms with Gasteiger partial charge in [0.15, 0.2) is 0 Å². The van der Waals surface area contributed by atoms with Crippen LogP contribution in [-0.4, -0.2) is 20.9 Å². The van der Waals surface area contributed by atoms with Crippen LogP contribution in [0.5, 0.6) is 0 Å². The Balaban J connectivity index is 0.00000116. The van der Waals surface area contributed by atoms with Crippen molar-refractivity contribution in [1.82, 2.24) is 9.97 Å². The molecule has 0 bridgehead atoms. The van der Waals surface area contributed by atoms with Gasteiger partial charge in [-0.1, -0.05) is 19.9 Å². The molecule has 0 saturated carbocycles. The number of nitro benzene ring substituents is 1. The SMILES string of the molecule is CC.Cc1nccc(NC(=O)Nc2cccc([N+](=O)[O-])c2)n1. The van der Waals surface area contributed by atoms with Crippen LogP contribution in [0.2, 0.25) is 0 Å². The molecular weight excluding hydrogens is 286 g/mol. The third kappa shape index (κ3) is 5.16. The lowest BCUT2D eigenvalue weighted by atomic mass is 10.3. The van der Waals surface area contributed by atoms with Crippen molar-refractivity contribution in [2.24, 2.45) is 0 Å². The van der Waals surface area contributed by atoms with Gasteiger partial charge < -0.3 is 5.32 Å². The molecule has 0 aliphatic rings. The van der Waals surface area contributed by atoms with Crippen molar-refractivity contribution in [3.63, 3.8) is 0 Å². The number of benzene rings is 1. The number of carbonyl (C=O) groups is 1. The van der Waals surface area contributed by atoms with E-state index < -0.39 is 11.0 Å². The number of anilines is 2. The van der Waals surface area contributed by atoms with E-state index in [1.54, 1.807) is 19.1 Å². The molecule has 8 heteroatoms. The average molecular weight is 303 g/mol. The van der Waals surface area contributed by atoms with Gasteiger partial charge in [0.05, 0.1) is 4.92 Å². The molecule has 0 spiro atoms. The summed E-state index contributed by atoms with van der Waals surface area (Å²) in [5.41, 5.74) is 0.225. The maximum absolute atomic E-state index is 11.7. The van der Waals surface area contributed by atoms with Crippen molar-refractivity contribution in [1.29, 1.82) is 0 Å². The number of rotatable bonds is 3. The van der Waals surface area contributed by atoms with E-state index in [4.69, 9.17) is 0 Å². The Hall–Kier alpha value is -3.03. The van der Waals surface area contributed by atoms with Gasteiger partial charge in [-0.3, -0.25) is 15.4 Å². The van der Waals surface area contributed by atoms with E-state index in [-0.39, 0.29) is 5.69 Å². The predicted molar refractivity (Wildman–Crippen MR) is 83.9 cm³/mol. The second kappa shape index (κ2) is 8.30. The van der Waals surface area contributed by atoms with E-state index >= 15 is 0 Å². The molecule has 1 aromatic carbocycles. The fraction of sp³-hybridized carbons (Fsp3) is 0.214. The van der Waals surface area contributed by atoms with E-state index in [9.17, 15) is 14.9 Å². The summed E-state index contributed by atoms with van der Waals surface area (Å²) in [5, 5.41) is 15.6. The van der Waals surface area contributed by atoms with Gasteiger partial charge in [-0.25, -0.2) is 14.8 Å². The van der Waals surface area contributed by atoms with Crippen molar-refractivity contribution in [2.45, 2.75) is 20.8 Å². The number of hydrogen-bond donors (Lipinski definition) is 2. The van der Waals surface area contributed by atoms with Crippen LogP contribution in [0.4, 0.5) is 22.0 Å². The standard InChI is InChI=1S/C12H11N5O3.C2H6/c1-8-13-6-5-11(14-8)16-12(18)15-9-3-2-4-10(7-9)17(19)20;1-2/h2-7H,1H3,(H2,13,14,15,16,18);1-2H3. The molecule has 0 atom stereocenters. The number of urea groups is 1. The van der Waals surface area contributed by atoms with Crippen LogP contribution in [0, 0.1) is 17.0 Å². The third-order valence-corrected chi connectivity index (χ3v) is 2.33. The summed E-state index contributed by atoms with van der Waals surface area (Å²) in [6.07, 6.45) is 1.52. The highest BCUT2D eigenvalue weighted by Gasteiger charge is 2.08. The highest BCUT2D eigenvalue weighted by Crippen LogP contribution is 2.17. The smallest absolute Gasteiger partial charge is 0.307 e. The van der Waals surface area contributed by atoms with Gasteiger partial charge in [0.25, 0.3) is 5.69 Å². The number of aryl methyl sites for hydroxylation is 1. The molecule has 22 heavy (non-hydrogen) atoms. The van der Waals surface area contributed by atoms with Crippen LogP contribution in [-0.2, 0) is 0 Å². The zero-order chi connectivity index (χ0) is 16.5. The topological polar surface area (TPSA) is 110 Å². The maximum Gasteiger partial charge on any atom is 0.324 e. The van der Waals surface area contributed by atoms with Gasteiger partial charge in [0.2, 0.25) is 0 Å². The lowest BCUT2D eigenvalue weighted by Crippen LogP contribution is -2.20. The minimum atomic E-state index is -0.538. The summed E-state index contributed by atoms with van der Waals surface area (Å²) >= 11 is 0. The molecule has 0 saturated heterocycles. The first-order valence-electron chi connectivity index (χ1n) is 6.67. The fourth-order valence-electron chi connectivity index (χ4n) is 1.50. The third-order valence-electron chi connectivity index (χ3n) is 2.33. The molecule has 2 aromatic rings. The Bertz CT molecular complexity index is 660. The molecule has 2 N–H and O–H groups in total. The molecule has 0 unspecified atom stereocenters. The van der Waals surface area contributed by atoms with Crippen molar-refractivity contribution in [2.75, 3.05) is 10.6 Å². The molecule has 0 fully saturated rings. The molecule has 8 nitrogen and oxygen atoms in total. The Morgan fingerprint density at radius 1 is 1.23 bits per heavy atom. The minimum Gasteiger partial charge on any atom is -0.307 e. The van der Waals surface area contributed by atoms with Crippen LogP contribution in [0.15, 0.2) is 36.5 Å². The normalized spacial score (nSPS) is 9.23. The molecule has 116 valence electrons. The van der Waals surface area contributed by atoms with E-state index in [0.717, 1.165) is 0 Å². The van der Waals surface area contributed by atoms with Crippen molar-refractivity contribution < 1.29 is 9.72 Å². The maximum atomic E-state index is 11.7. The summed E-state index contributed by atoms with van der Waals surface area (Å²) in [6.45, 7) is 5.70. The number of non-ortho nitro benzene ring substituents is 1. The second-order valence-corrected chi connectivity index (χ2v) is 3.88. The van der Waals surface area contributed by atoms with Gasteiger partial charge in [-0.15, -0.1) is 0 Å². The fourth-order valence-corrected chi connectivity index (χ4v) is 1.50. The number of nitrogens with one attached hydrogen (secondary N) is 2. The summed E-state index contributed by atoms with van der Waals surface area (Å²) in [6, 6.07) is 6.66. The van der Waals surface area contributed by atoms with Gasteiger partial charge in [-0.05, 0) is 19.1 Å². The van der Waals surface area contributed by atoms with Crippen LogP contribution in [0.25, 0.3) is 0 Å². The van der Waals surface area contributed by atoms with Crippen LogP contribution in [0.3, 0.4) is 0 Å². The molecule has 2 amide bonds. The largest absolute Gasteiger partial charge is 0.324 e. The second-order valence-electron chi connectivity index (χ2n) is 3.88. The Morgan fingerprint density at radius 2 is 1.95 bits per heavy atom. The van der Waals surface area contributed by atoms with Crippen molar-refractivity contribution >= 4 is 23.2 Å². The van der Waals surface area contributed by atoms with Gasteiger partial charge in [0.1, 0.15) is 11.6 Å². The molecule has 0 aliphatic heterocycles. The first-order valence-corrected chi connectivity index (χ1v) is 6.67. The number of carbonyl (C=O) groups excluding carboxylic acids is 1. The Labute approximate surface area is 127 Å². The van der Waals surface area contributed by atoms with Gasteiger partial charge in [0, 0.05) is 24.0 Å². The zero-order valence-electron chi connectivity index (χ0n) is 12.5. The van der Waals surface area contributed by atoms with E-state index in [0.29, 0.717) is 17.3 Å². The van der Waals surface area contributed by atoms with E-state index in [1.807, 2.05) is 13.8 Å². The Morgan fingerprint density at radius 3 is 2.59 bits per heavy atom. The van der Waals surface area contributed by atoms with Crippen LogP contribution < -0.4 is 10.6 Å². The molecule has 1 aromatic heterocycles. The highest BCUT2D eigenvalue weighted by atomic mass is 16.6. The predicted octanol–water partition coefficient (Wildman–Crippen LogP) is 3.36. The zero-order valence-corrected chi connectivity index (χ0v) is 12.5. The monoisotopic (exact) mass is 303 g/mol. The first-order chi connectivity index (χ1) is 10.5. The summed E-state index contributed by atoms with van der Waals surface area (Å²) in [7, 11) is 0. The minimum absolute atomic E-state index is 0.0966. The van der Waals surface area contributed by atoms with Crippen molar-refractivity contribution in [3.05, 3.63) is 52.5 Å². The summed E-state index contributed by atoms with van der Waals surface area (Å²) in [4.78, 5) is 29.7. The number of aromatic nitrogens is 2. The molecule has 0 radical (unpaired) electrons. The number of hydrogen-bond acceptors (Lipinski definition) is 5. The lowest BCUT2D eigenvalue weighted by Gasteiger charge is -2.07. The molecular formula is C14H17N5O3. The summed E-state index contributed by atoms with van der Waals surface area (Å²) in [5.74, 6) is 0.874. The van der Waals surface area contributed by atoms with Gasteiger partial charge >= 0.3 is 6.03 Å². The Kier molecular flexibility index (Phi) is 6.42. The van der Waals surface area contributed by atoms with Gasteiger partial charge in [-0.2, -0.15) is 0 Å². The van der Waals surface area contributed by atoms with Crippen molar-refractivity contribution in [3.8, 4) is 0 Å². The first kappa shape index (κ1) is 17.0. The number of amides is 2. The quantitative estimate of drug-likeness (QED) is 0.667. The molecule has 1 heterocycles. The van der Waals surface area contributed by atoms with Crippen LogP contribution in [0.1, 0.15) is 19.7 Å². The van der Waals surface area contributed by atoms with E-state index in [1.165, 1.54) is 24.4 Å².